The average molecular weight is 220 g/mol. The summed E-state index contributed by atoms with van der Waals surface area (Å²) in [4.78, 5) is 15.0. The Morgan fingerprint density at radius 3 is 2.94 bits per heavy atom. The van der Waals surface area contributed by atoms with Crippen LogP contribution in [0.4, 0.5) is 0 Å². The van der Waals surface area contributed by atoms with Crippen molar-refractivity contribution in [2.45, 2.75) is 32.9 Å². The van der Waals surface area contributed by atoms with E-state index in [0.717, 1.165) is 24.2 Å². The quantitative estimate of drug-likeness (QED) is 0.792. The smallest absolute Gasteiger partial charge is 0.354 e. The topological polar surface area (TPSA) is 62.2 Å². The monoisotopic (exact) mass is 220 g/mol. The lowest BCUT2D eigenvalue weighted by Gasteiger charge is -2.28. The van der Waals surface area contributed by atoms with E-state index in [-0.39, 0.29) is 5.69 Å². The van der Waals surface area contributed by atoms with Gasteiger partial charge in [-0.25, -0.2) is 9.78 Å². The molecule has 0 fully saturated rings. The Kier molecular flexibility index (Phi) is 2.92. The van der Waals surface area contributed by atoms with E-state index in [4.69, 9.17) is 5.11 Å². The van der Waals surface area contributed by atoms with Crippen LogP contribution in [0.1, 0.15) is 35.6 Å². The molecule has 1 unspecified atom stereocenters. The Morgan fingerprint density at radius 1 is 1.56 bits per heavy atom. The van der Waals surface area contributed by atoms with Crippen molar-refractivity contribution in [1.82, 2.24) is 10.3 Å². The fourth-order valence-electron chi connectivity index (χ4n) is 1.98. The van der Waals surface area contributed by atoms with Crippen LogP contribution in [0, 0.1) is 5.92 Å². The molecule has 1 aromatic rings. The SMILES string of the molecule is CC(C)C1Cc2nc(C(=O)O)ccc2CN1. The number of rotatable bonds is 2. The van der Waals surface area contributed by atoms with Crippen LogP contribution in [0.3, 0.4) is 0 Å². The maximum atomic E-state index is 10.8. The van der Waals surface area contributed by atoms with Crippen LogP contribution in [0.5, 0.6) is 0 Å². The zero-order valence-corrected chi connectivity index (χ0v) is 9.53. The fraction of sp³-hybridized carbons (Fsp3) is 0.500. The number of aromatic carboxylic acids is 1. The molecule has 2 N–H and O–H groups in total. The number of nitrogens with zero attached hydrogens (tertiary/aromatic N) is 1. The molecular weight excluding hydrogens is 204 g/mol. The summed E-state index contributed by atoms with van der Waals surface area (Å²) in [6.45, 7) is 5.10. The number of carboxylic acid groups (broad SMARTS) is 1. The maximum Gasteiger partial charge on any atom is 0.354 e. The third kappa shape index (κ3) is 2.07. The van der Waals surface area contributed by atoms with E-state index >= 15 is 0 Å². The molecule has 0 spiro atoms. The molecule has 16 heavy (non-hydrogen) atoms. The molecule has 1 aliphatic heterocycles. The summed E-state index contributed by atoms with van der Waals surface area (Å²) in [6.07, 6.45) is 0.814. The first-order valence-electron chi connectivity index (χ1n) is 5.53. The molecule has 0 aromatic carbocycles. The number of nitrogens with one attached hydrogen (secondary N) is 1. The van der Waals surface area contributed by atoms with Crippen LogP contribution < -0.4 is 5.32 Å². The minimum Gasteiger partial charge on any atom is -0.477 e. The summed E-state index contributed by atoms with van der Waals surface area (Å²) in [6, 6.07) is 3.82. The Hall–Kier alpha value is -1.42. The number of pyridine rings is 1. The lowest BCUT2D eigenvalue weighted by molar-refractivity contribution is 0.0690. The minimum atomic E-state index is -0.956. The van der Waals surface area contributed by atoms with Crippen molar-refractivity contribution < 1.29 is 9.90 Å². The molecular formula is C12H16N2O2. The van der Waals surface area contributed by atoms with Crippen molar-refractivity contribution in [2.24, 2.45) is 5.92 Å². The van der Waals surface area contributed by atoms with Crippen LogP contribution in [0.25, 0.3) is 0 Å². The zero-order valence-electron chi connectivity index (χ0n) is 9.53. The molecule has 86 valence electrons. The molecule has 0 amide bonds. The van der Waals surface area contributed by atoms with Gasteiger partial charge in [0.2, 0.25) is 0 Å². The van der Waals surface area contributed by atoms with Gasteiger partial charge in [-0.05, 0) is 17.5 Å². The van der Waals surface area contributed by atoms with Gasteiger partial charge in [-0.2, -0.15) is 0 Å². The molecule has 1 atom stereocenters. The van der Waals surface area contributed by atoms with Crippen molar-refractivity contribution in [1.29, 1.82) is 0 Å². The predicted molar refractivity (Wildman–Crippen MR) is 60.4 cm³/mol. The molecule has 4 nitrogen and oxygen atoms in total. The fourth-order valence-corrected chi connectivity index (χ4v) is 1.98. The molecule has 0 radical (unpaired) electrons. The summed E-state index contributed by atoms with van der Waals surface area (Å²) < 4.78 is 0. The third-order valence-corrected chi connectivity index (χ3v) is 3.06. The zero-order chi connectivity index (χ0) is 11.7. The van der Waals surface area contributed by atoms with E-state index in [2.05, 4.69) is 24.1 Å². The Bertz CT molecular complexity index is 415. The molecule has 2 rings (SSSR count). The van der Waals surface area contributed by atoms with E-state index in [0.29, 0.717) is 12.0 Å². The van der Waals surface area contributed by atoms with E-state index in [9.17, 15) is 4.79 Å². The highest BCUT2D eigenvalue weighted by Gasteiger charge is 2.22. The third-order valence-electron chi connectivity index (χ3n) is 3.06. The highest BCUT2D eigenvalue weighted by atomic mass is 16.4. The van der Waals surface area contributed by atoms with Crippen molar-refractivity contribution in [3.05, 3.63) is 29.1 Å². The normalized spacial score (nSPS) is 19.6. The molecule has 2 heterocycles. The van der Waals surface area contributed by atoms with Gasteiger partial charge in [0.1, 0.15) is 5.69 Å². The number of carbonyl (C=O) groups is 1. The Balaban J connectivity index is 2.28. The van der Waals surface area contributed by atoms with Crippen LogP contribution in [-0.4, -0.2) is 22.1 Å². The second-order valence-electron chi connectivity index (χ2n) is 4.54. The number of aromatic nitrogens is 1. The van der Waals surface area contributed by atoms with Gasteiger partial charge in [-0.1, -0.05) is 19.9 Å². The van der Waals surface area contributed by atoms with Crippen LogP contribution >= 0.6 is 0 Å². The number of carboxylic acids is 1. The molecule has 0 saturated carbocycles. The molecule has 1 aliphatic rings. The van der Waals surface area contributed by atoms with Crippen LogP contribution in [0.2, 0.25) is 0 Å². The molecule has 4 heteroatoms. The van der Waals surface area contributed by atoms with Crippen molar-refractivity contribution >= 4 is 5.97 Å². The average Bonchev–Trinajstić information content (AvgIpc) is 2.27. The molecule has 0 aliphatic carbocycles. The standard InChI is InChI=1S/C12H16N2O2/c1-7(2)10-5-11-8(6-13-10)3-4-9(14-11)12(15)16/h3-4,7,10,13H,5-6H2,1-2H3,(H,15,16). The summed E-state index contributed by atoms with van der Waals surface area (Å²) >= 11 is 0. The van der Waals surface area contributed by atoms with E-state index in [1.807, 2.05) is 6.07 Å². The van der Waals surface area contributed by atoms with E-state index < -0.39 is 5.97 Å². The lowest BCUT2D eigenvalue weighted by Crippen LogP contribution is -2.39. The van der Waals surface area contributed by atoms with Gasteiger partial charge in [-0.15, -0.1) is 0 Å². The molecule has 0 saturated heterocycles. The van der Waals surface area contributed by atoms with Gasteiger partial charge in [-0.3, -0.25) is 0 Å². The molecule has 1 aromatic heterocycles. The highest BCUT2D eigenvalue weighted by molar-refractivity contribution is 5.85. The first-order valence-corrected chi connectivity index (χ1v) is 5.53. The Morgan fingerprint density at radius 2 is 2.31 bits per heavy atom. The Labute approximate surface area is 94.7 Å². The number of fused-ring (bicyclic) bond motifs is 1. The van der Waals surface area contributed by atoms with Crippen molar-refractivity contribution in [2.75, 3.05) is 0 Å². The lowest BCUT2D eigenvalue weighted by atomic mass is 9.93. The van der Waals surface area contributed by atoms with Gasteiger partial charge in [0.15, 0.2) is 0 Å². The van der Waals surface area contributed by atoms with Gasteiger partial charge in [0.25, 0.3) is 0 Å². The number of hydrogen-bond acceptors (Lipinski definition) is 3. The first kappa shape index (κ1) is 11.1. The van der Waals surface area contributed by atoms with Gasteiger partial charge >= 0.3 is 5.97 Å². The summed E-state index contributed by atoms with van der Waals surface area (Å²) in [7, 11) is 0. The summed E-state index contributed by atoms with van der Waals surface area (Å²) in [5, 5.41) is 12.3. The predicted octanol–water partition coefficient (Wildman–Crippen LogP) is 1.45. The maximum absolute atomic E-state index is 10.8. The van der Waals surface area contributed by atoms with Crippen LogP contribution in [-0.2, 0) is 13.0 Å². The van der Waals surface area contributed by atoms with Crippen molar-refractivity contribution in [3.63, 3.8) is 0 Å². The van der Waals surface area contributed by atoms with E-state index in [1.165, 1.54) is 0 Å². The van der Waals surface area contributed by atoms with Gasteiger partial charge in [0, 0.05) is 24.7 Å². The highest BCUT2D eigenvalue weighted by Crippen LogP contribution is 2.19. The number of hydrogen-bond donors (Lipinski definition) is 2. The van der Waals surface area contributed by atoms with Gasteiger partial charge in [0.05, 0.1) is 0 Å². The largest absolute Gasteiger partial charge is 0.477 e. The summed E-state index contributed by atoms with van der Waals surface area (Å²) in [5.74, 6) is -0.425. The minimum absolute atomic E-state index is 0.142. The van der Waals surface area contributed by atoms with Gasteiger partial charge < -0.3 is 10.4 Å². The summed E-state index contributed by atoms with van der Waals surface area (Å²) in [5.41, 5.74) is 2.18. The molecule has 0 bridgehead atoms. The van der Waals surface area contributed by atoms with E-state index in [1.54, 1.807) is 6.07 Å². The van der Waals surface area contributed by atoms with Crippen molar-refractivity contribution in [3.8, 4) is 0 Å². The first-order chi connectivity index (χ1) is 7.58. The second kappa shape index (κ2) is 4.22. The second-order valence-corrected chi connectivity index (χ2v) is 4.54. The van der Waals surface area contributed by atoms with Crippen LogP contribution in [0.15, 0.2) is 12.1 Å².